The molecule has 2 saturated heterocycles. The third-order valence-electron chi connectivity index (χ3n) is 7.15. The van der Waals surface area contributed by atoms with E-state index in [0.29, 0.717) is 30.6 Å². The number of carboxylic acid groups (broad SMARTS) is 2. The predicted octanol–water partition coefficient (Wildman–Crippen LogP) is 0.0326. The summed E-state index contributed by atoms with van der Waals surface area (Å²) in [5, 5.41) is 33.8. The molecule has 12 nitrogen and oxygen atoms in total. The van der Waals surface area contributed by atoms with Gasteiger partial charge >= 0.3 is 11.9 Å². The van der Waals surface area contributed by atoms with Crippen molar-refractivity contribution in [2.45, 2.75) is 62.1 Å². The maximum absolute atomic E-state index is 13.6. The van der Waals surface area contributed by atoms with Crippen LogP contribution in [0.3, 0.4) is 0 Å². The quantitative estimate of drug-likeness (QED) is 0.266. The topological polar surface area (TPSA) is 160 Å². The third kappa shape index (κ3) is 4.72. The number of piperidine rings is 1. The average molecular weight is 503 g/mol. The summed E-state index contributed by atoms with van der Waals surface area (Å²) in [6.07, 6.45) is 0.190. The van der Waals surface area contributed by atoms with E-state index < -0.39 is 41.9 Å². The van der Waals surface area contributed by atoms with Crippen LogP contribution in [0.5, 0.6) is 0 Å². The summed E-state index contributed by atoms with van der Waals surface area (Å²) >= 11 is 0. The first-order chi connectivity index (χ1) is 17.1. The molecule has 4 rings (SSSR count). The number of carbonyl (C=O) groups is 4. The summed E-state index contributed by atoms with van der Waals surface area (Å²) in [6, 6.07) is 5.21. The number of hydrogen-bond donors (Lipinski definition) is 4. The monoisotopic (exact) mass is 502 g/mol. The molecule has 194 valence electrons. The van der Waals surface area contributed by atoms with Gasteiger partial charge in [-0.15, -0.1) is 6.58 Å². The molecule has 0 saturated carbocycles. The predicted molar refractivity (Wildman–Crippen MR) is 126 cm³/mol. The zero-order valence-corrected chi connectivity index (χ0v) is 19.8. The Bertz CT molecular complexity index is 1050. The van der Waals surface area contributed by atoms with E-state index >= 15 is 0 Å². The summed E-state index contributed by atoms with van der Waals surface area (Å²) in [6.45, 7) is 3.68. The highest BCUT2D eigenvalue weighted by atomic mass is 16.7. The van der Waals surface area contributed by atoms with Gasteiger partial charge in [0.1, 0.15) is 0 Å². The molecule has 0 spiro atoms. The highest BCUT2D eigenvalue weighted by Gasteiger charge is 2.48. The number of fused-ring (bicyclic) bond motifs is 3. The SMILES string of the molecule is C=CCN1c2ccccc2C(=O)C(C(=O)NC2CC3CCC(C2)N3C)N1O[C@@H](C(=O)O)[C@@H](O)C(=O)O. The van der Waals surface area contributed by atoms with Crippen molar-refractivity contribution < 1.29 is 39.3 Å². The van der Waals surface area contributed by atoms with Gasteiger partial charge in [-0.1, -0.05) is 23.4 Å². The molecular formula is C24H30N4O8. The number of hydrazine groups is 1. The van der Waals surface area contributed by atoms with Crippen LogP contribution in [0.4, 0.5) is 5.69 Å². The number of nitrogens with one attached hydrogen (secondary N) is 1. The minimum absolute atomic E-state index is 0.00193. The van der Waals surface area contributed by atoms with Crippen molar-refractivity contribution in [3.63, 3.8) is 0 Å². The molecule has 0 radical (unpaired) electrons. The molecule has 4 N–H and O–H groups in total. The number of rotatable bonds is 9. The fourth-order valence-corrected chi connectivity index (χ4v) is 5.33. The first kappa shape index (κ1) is 25.8. The van der Waals surface area contributed by atoms with Crippen LogP contribution in [0.1, 0.15) is 36.0 Å². The van der Waals surface area contributed by atoms with E-state index in [1.807, 2.05) is 0 Å². The van der Waals surface area contributed by atoms with Crippen molar-refractivity contribution in [2.75, 3.05) is 18.6 Å². The van der Waals surface area contributed by atoms with Gasteiger partial charge in [-0.3, -0.25) is 19.4 Å². The van der Waals surface area contributed by atoms with Crippen molar-refractivity contribution >= 4 is 29.3 Å². The number of para-hydroxylation sites is 1. The Labute approximate surface area is 207 Å². The van der Waals surface area contributed by atoms with Gasteiger partial charge in [0.25, 0.3) is 0 Å². The molecule has 2 fully saturated rings. The summed E-state index contributed by atoms with van der Waals surface area (Å²) in [7, 11) is 2.06. The van der Waals surface area contributed by atoms with E-state index in [-0.39, 0.29) is 18.2 Å². The zero-order chi connectivity index (χ0) is 26.1. The van der Waals surface area contributed by atoms with Crippen LogP contribution in [0.2, 0.25) is 0 Å². The molecule has 36 heavy (non-hydrogen) atoms. The van der Waals surface area contributed by atoms with Crippen LogP contribution >= 0.6 is 0 Å². The van der Waals surface area contributed by atoms with E-state index in [2.05, 4.69) is 23.8 Å². The molecule has 0 aromatic heterocycles. The number of aliphatic carboxylic acids is 2. The zero-order valence-electron chi connectivity index (χ0n) is 19.8. The van der Waals surface area contributed by atoms with E-state index in [4.69, 9.17) is 4.84 Å². The van der Waals surface area contributed by atoms with Gasteiger partial charge in [0, 0.05) is 23.7 Å². The lowest BCUT2D eigenvalue weighted by atomic mass is 9.95. The molecule has 1 amide bonds. The van der Waals surface area contributed by atoms with Gasteiger partial charge in [0.05, 0.1) is 12.2 Å². The minimum Gasteiger partial charge on any atom is -0.479 e. The van der Waals surface area contributed by atoms with Crippen LogP contribution in [0.15, 0.2) is 36.9 Å². The van der Waals surface area contributed by atoms with E-state index in [9.17, 15) is 34.5 Å². The van der Waals surface area contributed by atoms with E-state index in [1.54, 1.807) is 24.3 Å². The number of hydroxylamine groups is 1. The van der Waals surface area contributed by atoms with Gasteiger partial charge in [-0.2, -0.15) is 0 Å². The smallest absolute Gasteiger partial charge is 0.338 e. The van der Waals surface area contributed by atoms with Gasteiger partial charge < -0.3 is 25.5 Å². The number of ketones is 1. The average Bonchev–Trinajstić information content (AvgIpc) is 3.03. The van der Waals surface area contributed by atoms with Crippen LogP contribution in [0, 0.1) is 0 Å². The molecule has 2 bridgehead atoms. The number of carboxylic acids is 2. The Morgan fingerprint density at radius 2 is 1.81 bits per heavy atom. The Hall–Kier alpha value is -3.32. The maximum atomic E-state index is 13.6. The van der Waals surface area contributed by atoms with Crippen LogP contribution in [0.25, 0.3) is 0 Å². The number of carbonyl (C=O) groups excluding carboxylic acids is 2. The fraction of sp³-hybridized carbons (Fsp3) is 0.500. The lowest BCUT2D eigenvalue weighted by Crippen LogP contribution is -2.65. The van der Waals surface area contributed by atoms with Gasteiger partial charge in [-0.05, 0) is 44.9 Å². The molecule has 1 aromatic carbocycles. The molecule has 1 aromatic rings. The first-order valence-corrected chi connectivity index (χ1v) is 11.8. The van der Waals surface area contributed by atoms with Crippen molar-refractivity contribution in [3.8, 4) is 0 Å². The number of nitrogens with zero attached hydrogens (tertiary/aromatic N) is 3. The highest BCUT2D eigenvalue weighted by Crippen LogP contribution is 2.35. The van der Waals surface area contributed by atoms with Crippen molar-refractivity contribution in [2.24, 2.45) is 0 Å². The van der Waals surface area contributed by atoms with E-state index in [0.717, 1.165) is 18.0 Å². The molecular weight excluding hydrogens is 472 g/mol. The maximum Gasteiger partial charge on any atom is 0.338 e. The van der Waals surface area contributed by atoms with Crippen LogP contribution < -0.4 is 10.3 Å². The second kappa shape index (κ2) is 10.3. The lowest BCUT2D eigenvalue weighted by Gasteiger charge is -2.44. The summed E-state index contributed by atoms with van der Waals surface area (Å²) in [5.74, 6) is -4.95. The standard InChI is InChI=1S/C24H30N4O8/c1-3-10-27-17-7-5-4-6-16(17)19(29)18(28(27)36-21(24(34)35)20(30)23(32)33)22(31)25-13-11-14-8-9-15(12-13)26(14)2/h3-7,13-15,18,20-21,30H,1,8-12H2,2H3,(H,25,31)(H,32,33)(H,34,35)/t13?,14?,15?,18?,20-,21-/m1/s1. The summed E-state index contributed by atoms with van der Waals surface area (Å²) in [5.41, 5.74) is 0.534. The minimum atomic E-state index is -2.45. The molecule has 3 aliphatic heterocycles. The van der Waals surface area contributed by atoms with Crippen LogP contribution in [-0.4, -0.2) is 99.0 Å². The summed E-state index contributed by atoms with van der Waals surface area (Å²) in [4.78, 5) is 58.0. The lowest BCUT2D eigenvalue weighted by molar-refractivity contribution is -0.244. The highest BCUT2D eigenvalue weighted by molar-refractivity contribution is 6.17. The Morgan fingerprint density at radius 3 is 2.39 bits per heavy atom. The molecule has 3 aliphatic rings. The fourth-order valence-electron chi connectivity index (χ4n) is 5.33. The van der Waals surface area contributed by atoms with E-state index in [1.165, 1.54) is 11.1 Å². The number of hydrogen-bond acceptors (Lipinski definition) is 9. The molecule has 3 unspecified atom stereocenters. The second-order valence-electron chi connectivity index (χ2n) is 9.33. The second-order valence-corrected chi connectivity index (χ2v) is 9.33. The normalized spacial score (nSPS) is 27.7. The number of aliphatic hydroxyl groups excluding tert-OH is 1. The molecule has 0 aliphatic carbocycles. The number of anilines is 1. The van der Waals surface area contributed by atoms with Crippen molar-refractivity contribution in [1.82, 2.24) is 15.4 Å². The Balaban J connectivity index is 1.68. The molecule has 5 atom stereocenters. The Kier molecular flexibility index (Phi) is 7.41. The van der Waals surface area contributed by atoms with Crippen molar-refractivity contribution in [1.29, 1.82) is 0 Å². The molecule has 12 heteroatoms. The Morgan fingerprint density at radius 1 is 1.17 bits per heavy atom. The third-order valence-corrected chi connectivity index (χ3v) is 7.15. The van der Waals surface area contributed by atoms with Crippen LogP contribution in [-0.2, 0) is 19.2 Å². The van der Waals surface area contributed by atoms with Crippen molar-refractivity contribution in [3.05, 3.63) is 42.5 Å². The first-order valence-electron chi connectivity index (χ1n) is 11.8. The van der Waals surface area contributed by atoms with Gasteiger partial charge in [0.2, 0.25) is 12.0 Å². The number of benzene rings is 1. The summed E-state index contributed by atoms with van der Waals surface area (Å²) < 4.78 is 0. The van der Waals surface area contributed by atoms with Gasteiger partial charge in [0.15, 0.2) is 17.9 Å². The molecule has 3 heterocycles. The number of Topliss-reactive ketones (excluding diaryl/α,β-unsaturated/α-hetero) is 1. The number of amides is 1. The van der Waals surface area contributed by atoms with Gasteiger partial charge in [-0.25, -0.2) is 9.59 Å². The number of aliphatic hydroxyl groups is 1. The largest absolute Gasteiger partial charge is 0.479 e.